The zero-order valence-corrected chi connectivity index (χ0v) is 23.6. The van der Waals surface area contributed by atoms with Crippen LogP contribution in [0.2, 0.25) is 5.28 Å². The van der Waals surface area contributed by atoms with Crippen LogP contribution in [0.25, 0.3) is 11.2 Å². The third kappa shape index (κ3) is 10.2. The number of nitrogens with zero attached hydrogens (tertiary/aromatic N) is 4. The van der Waals surface area contributed by atoms with Gasteiger partial charge in [0, 0.05) is 18.2 Å². The lowest BCUT2D eigenvalue weighted by Crippen LogP contribution is -2.11. The van der Waals surface area contributed by atoms with Crippen LogP contribution in [0.4, 0.5) is 0 Å². The number of aryl methyl sites for hydroxylation is 2. The Hall–Kier alpha value is -1.54. The normalized spacial score (nSPS) is 12.5. The van der Waals surface area contributed by atoms with E-state index in [9.17, 15) is 9.00 Å². The first kappa shape index (κ1) is 29.7. The number of carbonyl (C=O) groups excluding carboxylic acids is 1. The van der Waals surface area contributed by atoms with Gasteiger partial charge < -0.3 is 9.30 Å². The van der Waals surface area contributed by atoms with Crippen LogP contribution in [-0.4, -0.2) is 42.1 Å². The van der Waals surface area contributed by atoms with Gasteiger partial charge in [-0.15, -0.1) is 0 Å². The molecule has 0 saturated heterocycles. The van der Waals surface area contributed by atoms with Crippen LogP contribution in [0, 0.1) is 6.92 Å². The minimum absolute atomic E-state index is 0.0501. The van der Waals surface area contributed by atoms with Crippen LogP contribution in [0.3, 0.4) is 0 Å². The summed E-state index contributed by atoms with van der Waals surface area (Å²) in [6, 6.07) is 0. The van der Waals surface area contributed by atoms with Gasteiger partial charge in [-0.3, -0.25) is 9.00 Å². The van der Waals surface area contributed by atoms with Gasteiger partial charge in [0.1, 0.15) is 11.3 Å². The Morgan fingerprint density at radius 1 is 0.886 bits per heavy atom. The Labute approximate surface area is 218 Å². The first-order valence-corrected chi connectivity index (χ1v) is 14.8. The number of hydrogen-bond donors (Lipinski definition) is 0. The van der Waals surface area contributed by atoms with E-state index in [1.807, 2.05) is 20.8 Å². The quantitative estimate of drug-likeness (QED) is 0.0904. The van der Waals surface area contributed by atoms with Crippen molar-refractivity contribution in [2.45, 2.75) is 127 Å². The lowest BCUT2D eigenvalue weighted by molar-refractivity contribution is -0.140. The monoisotopic (exact) mass is 526 g/mol. The SMILES string of the molecule is COC(=O)CCCCCCCCCCCCCCCn1c(C)nc2nc(Cl)nc(S(=O)C(C)C)c21. The van der Waals surface area contributed by atoms with E-state index >= 15 is 0 Å². The molecule has 2 rings (SSSR count). The van der Waals surface area contributed by atoms with Gasteiger partial charge in [0.05, 0.1) is 17.9 Å². The average molecular weight is 527 g/mol. The van der Waals surface area contributed by atoms with Crippen LogP contribution < -0.4 is 0 Å². The van der Waals surface area contributed by atoms with Crippen LogP contribution >= 0.6 is 11.6 Å². The minimum atomic E-state index is -1.25. The number of esters is 1. The smallest absolute Gasteiger partial charge is 0.305 e. The standard InChI is InChI=1S/C26H43ClN4O3S/c1-20(2)35(33)25-23-24(29-26(27)30-25)28-21(3)31(23)19-17-15-13-11-9-7-5-6-8-10-12-14-16-18-22(32)34-4/h20H,5-19H2,1-4H3. The van der Waals surface area contributed by atoms with E-state index in [4.69, 9.17) is 11.6 Å². The van der Waals surface area contributed by atoms with Gasteiger partial charge in [-0.1, -0.05) is 84.5 Å². The summed E-state index contributed by atoms with van der Waals surface area (Å²) in [6.07, 6.45) is 16.4. The van der Waals surface area contributed by atoms with Gasteiger partial charge in [0.2, 0.25) is 5.28 Å². The predicted octanol–water partition coefficient (Wildman–Crippen LogP) is 6.94. The molecule has 0 amide bonds. The van der Waals surface area contributed by atoms with Crippen LogP contribution in [-0.2, 0) is 26.9 Å². The third-order valence-corrected chi connectivity index (χ3v) is 8.03. The lowest BCUT2D eigenvalue weighted by atomic mass is 10.0. The molecular weight excluding hydrogens is 484 g/mol. The van der Waals surface area contributed by atoms with Crippen LogP contribution in [0.15, 0.2) is 5.03 Å². The largest absolute Gasteiger partial charge is 0.469 e. The van der Waals surface area contributed by atoms with Crippen molar-refractivity contribution in [1.82, 2.24) is 19.5 Å². The van der Waals surface area contributed by atoms with E-state index in [1.54, 1.807) is 0 Å². The van der Waals surface area contributed by atoms with Crippen molar-refractivity contribution in [2.24, 2.45) is 0 Å². The molecule has 0 radical (unpaired) electrons. The second kappa shape index (κ2) is 16.3. The van der Waals surface area contributed by atoms with E-state index in [0.717, 1.165) is 37.1 Å². The van der Waals surface area contributed by atoms with Gasteiger partial charge in [0.25, 0.3) is 0 Å². The molecule has 2 aromatic rings. The first-order chi connectivity index (χ1) is 16.8. The van der Waals surface area contributed by atoms with Crippen molar-refractivity contribution >= 4 is 39.5 Å². The molecule has 0 fully saturated rings. The molecule has 0 bridgehead atoms. The summed E-state index contributed by atoms with van der Waals surface area (Å²) in [6.45, 7) is 6.62. The molecule has 7 nitrogen and oxygen atoms in total. The van der Waals surface area contributed by atoms with E-state index < -0.39 is 10.8 Å². The molecule has 9 heteroatoms. The number of carbonyl (C=O) groups is 1. The summed E-state index contributed by atoms with van der Waals surface area (Å²) in [5, 5.41) is 0.546. The molecule has 0 N–H and O–H groups in total. The molecule has 0 spiro atoms. The fourth-order valence-corrected chi connectivity index (χ4v) is 5.54. The second-order valence-electron chi connectivity index (χ2n) is 9.55. The fourth-order valence-electron chi connectivity index (χ4n) is 4.31. The zero-order chi connectivity index (χ0) is 25.6. The number of methoxy groups -OCH3 is 1. The molecule has 0 saturated carbocycles. The van der Waals surface area contributed by atoms with Crippen molar-refractivity contribution in [2.75, 3.05) is 7.11 Å². The van der Waals surface area contributed by atoms with E-state index in [1.165, 1.54) is 71.3 Å². The number of imidazole rings is 1. The highest BCUT2D eigenvalue weighted by Gasteiger charge is 2.21. The Bertz CT molecular complexity index is 948. The van der Waals surface area contributed by atoms with Crippen LogP contribution in [0.5, 0.6) is 0 Å². The number of halogens is 1. The highest BCUT2D eigenvalue weighted by Crippen LogP contribution is 2.24. The molecule has 0 aliphatic heterocycles. The number of ether oxygens (including phenoxy) is 1. The molecule has 1 atom stereocenters. The molecular formula is C26H43ClN4O3S. The summed E-state index contributed by atoms with van der Waals surface area (Å²) < 4.78 is 19.6. The van der Waals surface area contributed by atoms with E-state index in [-0.39, 0.29) is 16.5 Å². The number of rotatable bonds is 18. The van der Waals surface area contributed by atoms with Crippen molar-refractivity contribution < 1.29 is 13.7 Å². The Morgan fingerprint density at radius 2 is 1.40 bits per heavy atom. The van der Waals surface area contributed by atoms with Gasteiger partial charge in [0.15, 0.2) is 10.7 Å². The number of hydrogen-bond acceptors (Lipinski definition) is 6. The molecule has 35 heavy (non-hydrogen) atoms. The molecule has 2 heterocycles. The third-order valence-electron chi connectivity index (χ3n) is 6.34. The van der Waals surface area contributed by atoms with Crippen molar-refractivity contribution in [3.05, 3.63) is 11.1 Å². The van der Waals surface area contributed by atoms with Gasteiger partial charge in [-0.2, -0.15) is 4.98 Å². The summed E-state index contributed by atoms with van der Waals surface area (Å²) in [5.74, 6) is 0.769. The maximum atomic E-state index is 12.8. The van der Waals surface area contributed by atoms with Gasteiger partial charge >= 0.3 is 5.97 Å². The molecule has 0 aliphatic carbocycles. The average Bonchev–Trinajstić information content (AvgIpc) is 3.14. The fraction of sp³-hybridized carbons (Fsp3) is 0.769. The van der Waals surface area contributed by atoms with Gasteiger partial charge in [-0.25, -0.2) is 9.97 Å². The van der Waals surface area contributed by atoms with Crippen molar-refractivity contribution in [1.29, 1.82) is 0 Å². The number of unbranched alkanes of at least 4 members (excludes halogenated alkanes) is 12. The lowest BCUT2D eigenvalue weighted by Gasteiger charge is -2.11. The maximum absolute atomic E-state index is 12.8. The Kier molecular flexibility index (Phi) is 13.8. The first-order valence-electron chi connectivity index (χ1n) is 13.2. The van der Waals surface area contributed by atoms with Crippen molar-refractivity contribution in [3.8, 4) is 0 Å². The summed E-state index contributed by atoms with van der Waals surface area (Å²) in [5.41, 5.74) is 1.30. The Balaban J connectivity index is 1.60. The van der Waals surface area contributed by atoms with E-state index in [2.05, 4.69) is 24.3 Å². The number of aromatic nitrogens is 4. The highest BCUT2D eigenvalue weighted by atomic mass is 35.5. The Morgan fingerprint density at radius 3 is 1.91 bits per heavy atom. The molecule has 1 unspecified atom stereocenters. The molecule has 2 aromatic heterocycles. The molecule has 0 aromatic carbocycles. The number of fused-ring (bicyclic) bond motifs is 1. The zero-order valence-electron chi connectivity index (χ0n) is 22.0. The predicted molar refractivity (Wildman–Crippen MR) is 143 cm³/mol. The summed E-state index contributed by atoms with van der Waals surface area (Å²) in [4.78, 5) is 24.2. The maximum Gasteiger partial charge on any atom is 0.305 e. The van der Waals surface area contributed by atoms with Crippen LogP contribution in [0.1, 0.15) is 110 Å². The van der Waals surface area contributed by atoms with E-state index in [0.29, 0.717) is 17.1 Å². The summed E-state index contributed by atoms with van der Waals surface area (Å²) in [7, 11) is 0.201. The second-order valence-corrected chi connectivity index (χ2v) is 11.8. The highest BCUT2D eigenvalue weighted by molar-refractivity contribution is 7.85. The minimum Gasteiger partial charge on any atom is -0.469 e. The summed E-state index contributed by atoms with van der Waals surface area (Å²) >= 11 is 6.07. The molecule has 0 aliphatic rings. The molecule has 198 valence electrons. The van der Waals surface area contributed by atoms with Crippen molar-refractivity contribution in [3.63, 3.8) is 0 Å². The topological polar surface area (TPSA) is 87.0 Å². The van der Waals surface area contributed by atoms with Gasteiger partial charge in [-0.05, 0) is 31.4 Å².